The fourth-order valence-electron chi connectivity index (χ4n) is 19.2. The highest BCUT2D eigenvalue weighted by Crippen LogP contribution is 2.78. The molecule has 68 heavy (non-hydrogen) atoms. The number of esters is 2. The fourth-order valence-corrected chi connectivity index (χ4v) is 19.2. The highest BCUT2D eigenvalue weighted by Gasteiger charge is 2.72. The summed E-state index contributed by atoms with van der Waals surface area (Å²) in [6.45, 7) is 28.0. The molecule has 0 spiro atoms. The molecule has 0 saturated heterocycles. The van der Waals surface area contributed by atoms with Crippen LogP contribution in [-0.4, -0.2) is 48.4 Å². The van der Waals surface area contributed by atoms with E-state index < -0.39 is 33.4 Å². The third-order valence-corrected chi connectivity index (χ3v) is 24.5. The quantitative estimate of drug-likeness (QED) is 0.292. The van der Waals surface area contributed by atoms with Gasteiger partial charge in [0.1, 0.15) is 0 Å². The van der Waals surface area contributed by atoms with E-state index in [2.05, 4.69) is 107 Å². The lowest BCUT2D eigenvalue weighted by Crippen LogP contribution is -2.70. The van der Waals surface area contributed by atoms with Crippen LogP contribution in [0.1, 0.15) is 183 Å². The second-order valence-electron chi connectivity index (χ2n) is 27.4. The van der Waals surface area contributed by atoms with Gasteiger partial charge in [-0.25, -0.2) is 0 Å². The van der Waals surface area contributed by atoms with E-state index in [1.165, 1.54) is 18.2 Å². The minimum Gasteiger partial charge on any atom is -0.471 e. The summed E-state index contributed by atoms with van der Waals surface area (Å²) in [5.74, 6) is -0.928. The zero-order valence-corrected chi connectivity index (χ0v) is 43.9. The van der Waals surface area contributed by atoms with Crippen LogP contribution in [0.3, 0.4) is 0 Å². The number of ether oxygens (including phenoxy) is 4. The zero-order valence-electron chi connectivity index (χ0n) is 43.9. The minimum atomic E-state index is -2.27. The molecule has 1 N–H and O–H groups in total. The molecule has 6 fully saturated rings. The van der Waals surface area contributed by atoms with Gasteiger partial charge in [-0.05, 0) is 197 Å². The molecule has 0 radical (unpaired) electrons. The molecule has 0 bridgehead atoms. The van der Waals surface area contributed by atoms with Crippen molar-refractivity contribution in [2.75, 3.05) is 14.2 Å². The highest BCUT2D eigenvalue weighted by molar-refractivity contribution is 6.02. The summed E-state index contributed by atoms with van der Waals surface area (Å²) >= 11 is 0. The molecule has 8 heteroatoms. The number of methoxy groups -OCH3 is 2. The van der Waals surface area contributed by atoms with E-state index in [4.69, 9.17) is 18.9 Å². The Morgan fingerprint density at radius 2 is 1.22 bits per heavy atom. The van der Waals surface area contributed by atoms with Gasteiger partial charge < -0.3 is 24.1 Å². The molecule has 1 aliphatic heterocycles. The SMILES string of the molecule is COC(=O)[C@]1(C)CC[C@]2(C)CC[C@]3(C)C4=CC=C5C(=CC(=O)[C@@]6(O)Oc7c(cc8c(c7C)C=C[C@@H]7[C@@]8(C)CC[C@@]8(C)[C@@H]9C[C@](C)(C(=O)OC)CC[C@]9(C)CC[C@]78C)O[C@@]56C)[C@]4(C)CC[C@@]3(C)[C@@H]2C1. The largest absolute Gasteiger partial charge is 0.471 e. The number of allylic oxidation sites excluding steroid dienone is 4. The van der Waals surface area contributed by atoms with Gasteiger partial charge in [-0.15, -0.1) is 0 Å². The lowest BCUT2D eigenvalue weighted by molar-refractivity contribution is -0.231. The van der Waals surface area contributed by atoms with Gasteiger partial charge in [0.2, 0.25) is 11.4 Å². The summed E-state index contributed by atoms with van der Waals surface area (Å²) < 4.78 is 24.9. The van der Waals surface area contributed by atoms with Crippen LogP contribution in [-0.2, 0) is 29.3 Å². The van der Waals surface area contributed by atoms with Crippen LogP contribution >= 0.6 is 0 Å². The van der Waals surface area contributed by atoms with Gasteiger partial charge in [0.25, 0.3) is 0 Å². The molecule has 11 rings (SSSR count). The smallest absolute Gasteiger partial charge is 0.317 e. The molecule has 6 saturated carbocycles. The Morgan fingerprint density at radius 1 is 0.662 bits per heavy atom. The molecular weight excluding hydrogens is 849 g/mol. The number of carbonyl (C=O) groups excluding carboxylic acids is 3. The Balaban J connectivity index is 0.965. The third-order valence-electron chi connectivity index (χ3n) is 24.5. The van der Waals surface area contributed by atoms with Crippen molar-refractivity contribution < 1.29 is 38.4 Å². The first-order valence-corrected chi connectivity index (χ1v) is 26.4. The number of ketones is 1. The summed E-state index contributed by atoms with van der Waals surface area (Å²) in [5, 5.41) is 12.8. The van der Waals surface area contributed by atoms with E-state index >= 15 is 0 Å². The van der Waals surface area contributed by atoms with Crippen molar-refractivity contribution in [3.05, 3.63) is 63.8 Å². The molecule has 368 valence electrons. The monoisotopic (exact) mass is 929 g/mol. The molecule has 10 aliphatic rings. The summed E-state index contributed by atoms with van der Waals surface area (Å²) in [5.41, 5.74) is 3.15. The summed E-state index contributed by atoms with van der Waals surface area (Å²) in [6.07, 6.45) is 24.6. The number of rotatable bonds is 2. The van der Waals surface area contributed by atoms with E-state index in [1.54, 1.807) is 13.2 Å². The van der Waals surface area contributed by atoms with E-state index in [0.29, 0.717) is 23.3 Å². The molecule has 1 aromatic carbocycles. The summed E-state index contributed by atoms with van der Waals surface area (Å²) in [7, 11) is 3.07. The first kappa shape index (κ1) is 46.7. The number of fused-ring (bicyclic) bond motifs is 17. The van der Waals surface area contributed by atoms with Crippen LogP contribution in [0.4, 0.5) is 0 Å². The van der Waals surface area contributed by atoms with Crippen LogP contribution in [0, 0.1) is 73.4 Å². The van der Waals surface area contributed by atoms with Crippen molar-refractivity contribution in [2.45, 2.75) is 190 Å². The van der Waals surface area contributed by atoms with Crippen molar-refractivity contribution in [2.24, 2.45) is 66.5 Å². The van der Waals surface area contributed by atoms with Crippen LogP contribution in [0.15, 0.2) is 47.1 Å². The Labute approximate surface area is 406 Å². The van der Waals surface area contributed by atoms with Gasteiger partial charge in [0.15, 0.2) is 11.5 Å². The normalized spacial score (nSPS) is 50.3. The number of aliphatic hydroxyl groups is 1. The Bertz CT molecular complexity index is 2620. The average Bonchev–Trinajstić information content (AvgIpc) is 3.29. The zero-order chi connectivity index (χ0) is 49.1. The predicted octanol–water partition coefficient (Wildman–Crippen LogP) is 12.7. The van der Waals surface area contributed by atoms with Crippen molar-refractivity contribution in [1.29, 1.82) is 0 Å². The predicted molar refractivity (Wildman–Crippen MR) is 264 cm³/mol. The molecule has 1 heterocycles. The summed E-state index contributed by atoms with van der Waals surface area (Å²) in [6, 6.07) is 2.21. The molecular formula is C60H80O8. The Hall–Kier alpha value is -3.65. The first-order chi connectivity index (χ1) is 31.6. The topological polar surface area (TPSA) is 108 Å². The van der Waals surface area contributed by atoms with Gasteiger partial charge in [0.05, 0.1) is 25.0 Å². The minimum absolute atomic E-state index is 0.0145. The number of carbonyl (C=O) groups is 3. The molecule has 1 aromatic rings. The first-order valence-electron chi connectivity index (χ1n) is 26.4. The average molecular weight is 929 g/mol. The lowest BCUT2D eigenvalue weighted by Gasteiger charge is -2.71. The van der Waals surface area contributed by atoms with Crippen LogP contribution < -0.4 is 9.47 Å². The van der Waals surface area contributed by atoms with Crippen LogP contribution in [0.2, 0.25) is 0 Å². The van der Waals surface area contributed by atoms with Crippen molar-refractivity contribution >= 4 is 23.8 Å². The van der Waals surface area contributed by atoms with E-state index in [9.17, 15) is 19.5 Å². The van der Waals surface area contributed by atoms with Crippen LogP contribution in [0.25, 0.3) is 6.08 Å². The molecule has 9 aliphatic carbocycles. The van der Waals surface area contributed by atoms with Gasteiger partial charge >= 0.3 is 17.7 Å². The van der Waals surface area contributed by atoms with Crippen molar-refractivity contribution in [1.82, 2.24) is 0 Å². The van der Waals surface area contributed by atoms with E-state index in [1.807, 2.05) is 6.92 Å². The standard InChI is InChI=1S/C60H80O8/c1-35-36-15-17-41-53(6,25-29-57(10)43-33-51(4,47(62)65-13)21-19-49(43,2)23-27-55(41,57)8)38(36)31-40-46(35)68-60(64)45(61)32-39-37(59(60,12)67-40)16-18-42-54(39,7)26-30-58(11)44-34-52(5,48(63)66-14)22-20-50(44,3)24-28-56(42,58)9/h15-18,31-32,41,43-44,64H,19-30,33-34H2,1-14H3/t41-,43-,44-,49-,50-,51-,52-,53+,54+,55-,56-,57+,58+,59+,60-/m1/s1. The Kier molecular flexibility index (Phi) is 9.37. The molecule has 0 aromatic heterocycles. The lowest BCUT2D eigenvalue weighted by atomic mass is 9.33. The van der Waals surface area contributed by atoms with Gasteiger partial charge in [-0.2, -0.15) is 0 Å². The molecule has 8 nitrogen and oxygen atoms in total. The van der Waals surface area contributed by atoms with Gasteiger partial charge in [0, 0.05) is 22.0 Å². The van der Waals surface area contributed by atoms with Crippen molar-refractivity contribution in [3.63, 3.8) is 0 Å². The highest BCUT2D eigenvalue weighted by atomic mass is 16.7. The third kappa shape index (κ3) is 5.25. The Morgan fingerprint density at radius 3 is 1.84 bits per heavy atom. The van der Waals surface area contributed by atoms with Gasteiger partial charge in [-0.3, -0.25) is 14.4 Å². The molecule has 0 amide bonds. The van der Waals surface area contributed by atoms with E-state index in [-0.39, 0.29) is 55.8 Å². The van der Waals surface area contributed by atoms with Crippen molar-refractivity contribution in [3.8, 4) is 11.5 Å². The number of hydrogen-bond acceptors (Lipinski definition) is 8. The number of benzene rings is 1. The second-order valence-corrected chi connectivity index (χ2v) is 27.4. The molecule has 0 unspecified atom stereocenters. The van der Waals surface area contributed by atoms with Crippen LogP contribution in [0.5, 0.6) is 11.5 Å². The van der Waals surface area contributed by atoms with Gasteiger partial charge in [-0.1, -0.05) is 85.3 Å². The summed E-state index contributed by atoms with van der Waals surface area (Å²) in [4.78, 5) is 41.5. The van der Waals surface area contributed by atoms with E-state index in [0.717, 1.165) is 112 Å². The maximum atomic E-state index is 14.9. The fraction of sp³-hybridized carbons (Fsp3) is 0.717. The maximum absolute atomic E-state index is 14.9. The molecule has 15 atom stereocenters. The second kappa shape index (κ2) is 13.6. The maximum Gasteiger partial charge on any atom is 0.317 e. The number of hydrogen-bond donors (Lipinski definition) is 1.